The molecule has 0 heterocycles. The maximum Gasteiger partial charge on any atom is 0.0323 e. The van der Waals surface area contributed by atoms with Crippen molar-refractivity contribution in [3.8, 4) is 11.8 Å². The molecule has 2 N–H and O–H groups in total. The fourth-order valence-electron chi connectivity index (χ4n) is 1.56. The lowest BCUT2D eigenvalue weighted by molar-refractivity contribution is 1.03. The van der Waals surface area contributed by atoms with Crippen LogP contribution in [-0.2, 0) is 0 Å². The third kappa shape index (κ3) is 2.18. The molecule has 1 nitrogen and oxygen atoms in total. The van der Waals surface area contributed by atoms with E-state index in [1.807, 2.05) is 24.3 Å². The fourth-order valence-corrected chi connectivity index (χ4v) is 1.56. The summed E-state index contributed by atoms with van der Waals surface area (Å²) in [4.78, 5) is 0. The molecule has 2 aromatic carbocycles. The maximum absolute atomic E-state index is 5.40. The van der Waals surface area contributed by atoms with Crippen LogP contribution in [0.25, 0.3) is 10.8 Å². The van der Waals surface area contributed by atoms with Gasteiger partial charge in [-0.1, -0.05) is 48.2 Å². The Labute approximate surface area is 89.9 Å². The van der Waals surface area contributed by atoms with Crippen molar-refractivity contribution < 1.29 is 0 Å². The van der Waals surface area contributed by atoms with Crippen molar-refractivity contribution in [3.63, 3.8) is 0 Å². The van der Waals surface area contributed by atoms with Crippen molar-refractivity contribution in [3.05, 3.63) is 48.0 Å². The molecule has 0 saturated heterocycles. The summed E-state index contributed by atoms with van der Waals surface area (Å²) < 4.78 is 0. The van der Waals surface area contributed by atoms with Crippen LogP contribution in [0.5, 0.6) is 0 Å². The van der Waals surface area contributed by atoms with Gasteiger partial charge in [-0.25, -0.2) is 0 Å². The molecule has 0 aliphatic heterocycles. The molecule has 0 bridgehead atoms. The minimum Gasteiger partial charge on any atom is -0.330 e. The number of hydrogen-bond donors (Lipinski definition) is 1. The molecule has 1 heteroatoms. The quantitative estimate of drug-likeness (QED) is 0.695. The van der Waals surface area contributed by atoms with Crippen LogP contribution < -0.4 is 5.73 Å². The predicted molar refractivity (Wildman–Crippen MR) is 64.5 cm³/mol. The molecule has 74 valence electrons. The van der Waals surface area contributed by atoms with Crippen molar-refractivity contribution in [2.24, 2.45) is 5.73 Å². The van der Waals surface area contributed by atoms with Gasteiger partial charge in [0.2, 0.25) is 0 Å². The summed E-state index contributed by atoms with van der Waals surface area (Å²) in [6.45, 7) is 0.623. The van der Waals surface area contributed by atoms with Crippen LogP contribution in [0.4, 0.5) is 0 Å². The largest absolute Gasteiger partial charge is 0.330 e. The Balaban J connectivity index is 2.48. The van der Waals surface area contributed by atoms with Gasteiger partial charge in [-0.05, 0) is 16.8 Å². The van der Waals surface area contributed by atoms with Crippen LogP contribution in [0.2, 0.25) is 0 Å². The monoisotopic (exact) mass is 195 g/mol. The summed E-state index contributed by atoms with van der Waals surface area (Å²) in [5.41, 5.74) is 6.49. The molecule has 0 fully saturated rings. The van der Waals surface area contributed by atoms with E-state index in [9.17, 15) is 0 Å². The Bertz CT molecular complexity index is 512. The van der Waals surface area contributed by atoms with Crippen molar-refractivity contribution in [1.82, 2.24) is 0 Å². The lowest BCUT2D eigenvalue weighted by atomic mass is 10.1. The van der Waals surface area contributed by atoms with Crippen LogP contribution in [0.3, 0.4) is 0 Å². The van der Waals surface area contributed by atoms with Crippen LogP contribution in [0, 0.1) is 11.8 Å². The van der Waals surface area contributed by atoms with E-state index in [0.717, 1.165) is 12.0 Å². The SMILES string of the molecule is NCCC#Cc1cccc2ccccc12. The van der Waals surface area contributed by atoms with E-state index in [-0.39, 0.29) is 0 Å². The predicted octanol–water partition coefficient (Wildman–Crippen LogP) is 2.54. The number of hydrogen-bond acceptors (Lipinski definition) is 1. The van der Waals surface area contributed by atoms with Gasteiger partial charge in [0.25, 0.3) is 0 Å². The topological polar surface area (TPSA) is 26.0 Å². The van der Waals surface area contributed by atoms with Gasteiger partial charge >= 0.3 is 0 Å². The minimum absolute atomic E-state index is 0.623. The van der Waals surface area contributed by atoms with Gasteiger partial charge < -0.3 is 5.73 Å². The summed E-state index contributed by atoms with van der Waals surface area (Å²) in [6.07, 6.45) is 0.753. The Morgan fingerprint density at radius 1 is 1.00 bits per heavy atom. The Morgan fingerprint density at radius 2 is 1.80 bits per heavy atom. The number of fused-ring (bicyclic) bond motifs is 1. The lowest BCUT2D eigenvalue weighted by Crippen LogP contribution is -1.95. The van der Waals surface area contributed by atoms with E-state index in [1.54, 1.807) is 0 Å². The van der Waals surface area contributed by atoms with E-state index < -0.39 is 0 Å². The first-order valence-corrected chi connectivity index (χ1v) is 5.08. The Morgan fingerprint density at radius 3 is 2.67 bits per heavy atom. The zero-order valence-corrected chi connectivity index (χ0v) is 8.53. The molecule has 0 aliphatic rings. The lowest BCUT2D eigenvalue weighted by Gasteiger charge is -1.99. The molecule has 15 heavy (non-hydrogen) atoms. The molecule has 0 radical (unpaired) electrons. The summed E-state index contributed by atoms with van der Waals surface area (Å²) in [5.74, 6) is 6.23. The zero-order valence-electron chi connectivity index (χ0n) is 8.53. The first-order valence-electron chi connectivity index (χ1n) is 5.08. The van der Waals surface area contributed by atoms with E-state index >= 15 is 0 Å². The average Bonchev–Trinajstić information content (AvgIpc) is 2.30. The van der Waals surface area contributed by atoms with Gasteiger partial charge in [0.05, 0.1) is 0 Å². The van der Waals surface area contributed by atoms with Crippen molar-refractivity contribution >= 4 is 10.8 Å². The normalized spacial score (nSPS) is 9.67. The highest BCUT2D eigenvalue weighted by atomic mass is 14.5. The zero-order chi connectivity index (χ0) is 10.5. The molecule has 0 aliphatic carbocycles. The molecule has 0 unspecified atom stereocenters. The molecule has 2 aromatic rings. The van der Waals surface area contributed by atoms with Crippen LogP contribution in [0.1, 0.15) is 12.0 Å². The highest BCUT2D eigenvalue weighted by Crippen LogP contribution is 2.17. The third-order valence-electron chi connectivity index (χ3n) is 2.28. The molecule has 0 amide bonds. The summed E-state index contributed by atoms with van der Waals surface area (Å²) >= 11 is 0. The standard InChI is InChI=1S/C14H13N/c15-11-4-3-7-13-9-5-8-12-6-1-2-10-14(12)13/h1-2,5-6,8-10H,4,11,15H2. The van der Waals surface area contributed by atoms with Crippen molar-refractivity contribution in [2.45, 2.75) is 6.42 Å². The van der Waals surface area contributed by atoms with Gasteiger partial charge in [0, 0.05) is 18.5 Å². The van der Waals surface area contributed by atoms with Crippen molar-refractivity contribution in [1.29, 1.82) is 0 Å². The molecule has 0 aromatic heterocycles. The average molecular weight is 195 g/mol. The highest BCUT2D eigenvalue weighted by molar-refractivity contribution is 5.88. The first kappa shape index (κ1) is 9.76. The van der Waals surface area contributed by atoms with Gasteiger partial charge in [-0.15, -0.1) is 0 Å². The van der Waals surface area contributed by atoms with Crippen LogP contribution in [-0.4, -0.2) is 6.54 Å². The second-order valence-electron chi connectivity index (χ2n) is 3.37. The summed E-state index contributed by atoms with van der Waals surface area (Å²) in [5, 5.41) is 2.45. The second-order valence-corrected chi connectivity index (χ2v) is 3.37. The summed E-state index contributed by atoms with van der Waals surface area (Å²) in [7, 11) is 0. The molecular formula is C14H13N. The maximum atomic E-state index is 5.40. The van der Waals surface area contributed by atoms with Crippen LogP contribution in [0.15, 0.2) is 42.5 Å². The smallest absolute Gasteiger partial charge is 0.0323 e. The number of rotatable bonds is 1. The van der Waals surface area contributed by atoms with Crippen molar-refractivity contribution in [2.75, 3.05) is 6.54 Å². The van der Waals surface area contributed by atoms with Gasteiger partial charge in [0.1, 0.15) is 0 Å². The first-order chi connectivity index (χ1) is 7.42. The van der Waals surface area contributed by atoms with Crippen LogP contribution >= 0.6 is 0 Å². The van der Waals surface area contributed by atoms with E-state index in [0.29, 0.717) is 6.54 Å². The molecule has 0 saturated carbocycles. The Kier molecular flexibility index (Phi) is 3.02. The van der Waals surface area contributed by atoms with Gasteiger partial charge in [-0.2, -0.15) is 0 Å². The van der Waals surface area contributed by atoms with Gasteiger partial charge in [0.15, 0.2) is 0 Å². The van der Waals surface area contributed by atoms with E-state index in [4.69, 9.17) is 5.73 Å². The molecule has 0 spiro atoms. The molecular weight excluding hydrogens is 182 g/mol. The molecule has 2 rings (SSSR count). The summed E-state index contributed by atoms with van der Waals surface area (Å²) in [6, 6.07) is 14.5. The highest BCUT2D eigenvalue weighted by Gasteiger charge is 1.95. The second kappa shape index (κ2) is 4.63. The van der Waals surface area contributed by atoms with E-state index in [2.05, 4.69) is 30.0 Å². The van der Waals surface area contributed by atoms with Gasteiger partial charge in [-0.3, -0.25) is 0 Å². The third-order valence-corrected chi connectivity index (χ3v) is 2.28. The fraction of sp³-hybridized carbons (Fsp3) is 0.143. The minimum atomic E-state index is 0.623. The molecule has 0 atom stereocenters. The van der Waals surface area contributed by atoms with E-state index in [1.165, 1.54) is 10.8 Å². The Hall–Kier alpha value is -1.78. The number of nitrogens with two attached hydrogens (primary N) is 1. The number of benzene rings is 2.